The summed E-state index contributed by atoms with van der Waals surface area (Å²) in [5.41, 5.74) is 0.464. The number of likely N-dealkylation sites (tertiary alicyclic amines) is 1. The predicted octanol–water partition coefficient (Wildman–Crippen LogP) is 2.51. The third kappa shape index (κ3) is 3.73. The van der Waals surface area contributed by atoms with E-state index in [1.807, 2.05) is 6.92 Å². The van der Waals surface area contributed by atoms with Crippen LogP contribution in [0.3, 0.4) is 0 Å². The van der Waals surface area contributed by atoms with E-state index in [-0.39, 0.29) is 5.91 Å². The van der Waals surface area contributed by atoms with Crippen molar-refractivity contribution in [2.75, 3.05) is 23.7 Å². The van der Waals surface area contributed by atoms with Crippen molar-refractivity contribution in [2.24, 2.45) is 0 Å². The summed E-state index contributed by atoms with van der Waals surface area (Å²) in [7, 11) is -3.57. The summed E-state index contributed by atoms with van der Waals surface area (Å²) >= 11 is 5.87. The van der Waals surface area contributed by atoms with Crippen LogP contribution in [0.2, 0.25) is 5.02 Å². The second-order valence-corrected chi connectivity index (χ2v) is 7.79. The fourth-order valence-electron chi connectivity index (χ4n) is 2.78. The summed E-state index contributed by atoms with van der Waals surface area (Å²) < 4.78 is 25.7. The minimum atomic E-state index is -3.57. The van der Waals surface area contributed by atoms with Crippen LogP contribution in [-0.4, -0.2) is 44.6 Å². The van der Waals surface area contributed by atoms with Gasteiger partial charge in [0, 0.05) is 18.1 Å². The molecule has 0 N–H and O–H groups in total. The van der Waals surface area contributed by atoms with Crippen LogP contribution < -0.4 is 4.31 Å². The first-order valence-corrected chi connectivity index (χ1v) is 9.61. The van der Waals surface area contributed by atoms with Crippen molar-refractivity contribution in [1.82, 2.24) is 4.90 Å². The van der Waals surface area contributed by atoms with E-state index >= 15 is 0 Å². The number of halogens is 1. The van der Waals surface area contributed by atoms with Gasteiger partial charge in [0.2, 0.25) is 15.9 Å². The molecule has 1 aromatic rings. The number of anilines is 1. The smallest absolute Gasteiger partial charge is 0.246 e. The lowest BCUT2D eigenvalue weighted by Crippen LogP contribution is -2.50. The van der Waals surface area contributed by atoms with Crippen molar-refractivity contribution in [3.05, 3.63) is 29.3 Å². The van der Waals surface area contributed by atoms with Crippen LogP contribution in [0.5, 0.6) is 0 Å². The van der Waals surface area contributed by atoms with E-state index in [9.17, 15) is 13.2 Å². The fourth-order valence-corrected chi connectivity index (χ4v) is 4.11. The molecule has 0 spiro atoms. The zero-order valence-corrected chi connectivity index (χ0v) is 14.4. The zero-order valence-electron chi connectivity index (χ0n) is 12.8. The average molecular weight is 345 g/mol. The molecular weight excluding hydrogens is 324 g/mol. The Hall–Kier alpha value is -1.27. The highest BCUT2D eigenvalue weighted by Gasteiger charge is 2.34. The quantitative estimate of drug-likeness (QED) is 0.824. The van der Waals surface area contributed by atoms with Gasteiger partial charge in [-0.15, -0.1) is 0 Å². The lowest BCUT2D eigenvalue weighted by Gasteiger charge is -2.32. The molecule has 1 amide bonds. The molecule has 1 heterocycles. The highest BCUT2D eigenvalue weighted by molar-refractivity contribution is 7.92. The largest absolute Gasteiger partial charge is 0.341 e. The fraction of sp³-hybridized carbons (Fsp3) is 0.533. The molecule has 0 saturated carbocycles. The molecule has 1 aromatic carbocycles. The van der Waals surface area contributed by atoms with E-state index in [1.165, 1.54) is 4.31 Å². The molecule has 7 heteroatoms. The molecule has 1 aliphatic heterocycles. The number of carbonyl (C=O) groups is 1. The zero-order chi connectivity index (χ0) is 16.3. The van der Waals surface area contributed by atoms with Crippen LogP contribution in [0.4, 0.5) is 5.69 Å². The molecule has 0 aliphatic carbocycles. The summed E-state index contributed by atoms with van der Waals surface area (Å²) in [5, 5.41) is 0.524. The average Bonchev–Trinajstić information content (AvgIpc) is 2.98. The van der Waals surface area contributed by atoms with Crippen molar-refractivity contribution in [3.8, 4) is 0 Å². The van der Waals surface area contributed by atoms with E-state index in [4.69, 9.17) is 11.6 Å². The molecule has 1 aliphatic rings. The molecule has 0 aromatic heterocycles. The Balaban J connectivity index is 2.38. The molecule has 2 rings (SSSR count). The Morgan fingerprint density at radius 1 is 1.27 bits per heavy atom. The number of sulfonamides is 1. The molecule has 1 atom stereocenters. The Kier molecular flexibility index (Phi) is 5.34. The van der Waals surface area contributed by atoms with Gasteiger partial charge in [0.25, 0.3) is 0 Å². The maximum Gasteiger partial charge on any atom is 0.246 e. The van der Waals surface area contributed by atoms with Gasteiger partial charge in [0.1, 0.15) is 6.04 Å². The predicted molar refractivity (Wildman–Crippen MR) is 88.7 cm³/mol. The second kappa shape index (κ2) is 6.87. The van der Waals surface area contributed by atoms with Gasteiger partial charge in [-0.1, -0.05) is 18.5 Å². The van der Waals surface area contributed by atoms with Crippen LogP contribution in [0.15, 0.2) is 24.3 Å². The van der Waals surface area contributed by atoms with E-state index < -0.39 is 16.1 Å². The van der Waals surface area contributed by atoms with Gasteiger partial charge in [-0.3, -0.25) is 9.10 Å². The first-order valence-electron chi connectivity index (χ1n) is 7.38. The molecule has 0 bridgehead atoms. The monoisotopic (exact) mass is 344 g/mol. The topological polar surface area (TPSA) is 57.7 Å². The lowest BCUT2D eigenvalue weighted by atomic mass is 10.1. The molecule has 1 unspecified atom stereocenters. The van der Waals surface area contributed by atoms with Crippen molar-refractivity contribution >= 4 is 33.2 Å². The van der Waals surface area contributed by atoms with Crippen LogP contribution in [0.25, 0.3) is 0 Å². The molecule has 22 heavy (non-hydrogen) atoms. The van der Waals surface area contributed by atoms with Gasteiger partial charge < -0.3 is 4.90 Å². The van der Waals surface area contributed by atoms with Crippen molar-refractivity contribution in [3.63, 3.8) is 0 Å². The maximum absolute atomic E-state index is 12.7. The van der Waals surface area contributed by atoms with Gasteiger partial charge >= 0.3 is 0 Å². The number of hydrogen-bond acceptors (Lipinski definition) is 3. The number of benzene rings is 1. The summed E-state index contributed by atoms with van der Waals surface area (Å²) in [4.78, 5) is 14.5. The number of hydrogen-bond donors (Lipinski definition) is 0. The molecular formula is C15H21ClN2O3S. The summed E-state index contributed by atoms with van der Waals surface area (Å²) in [6.07, 6.45) is 3.50. The normalized spacial score (nSPS) is 16.6. The lowest BCUT2D eigenvalue weighted by molar-refractivity contribution is -0.131. The second-order valence-electron chi connectivity index (χ2n) is 5.49. The summed E-state index contributed by atoms with van der Waals surface area (Å²) in [6, 6.07) is 5.80. The van der Waals surface area contributed by atoms with E-state index in [1.54, 1.807) is 29.2 Å². The number of nitrogens with zero attached hydrogens (tertiary/aromatic N) is 2. The van der Waals surface area contributed by atoms with Gasteiger partial charge in [-0.25, -0.2) is 8.42 Å². The Bertz CT molecular complexity index is 625. The van der Waals surface area contributed by atoms with Crippen molar-refractivity contribution < 1.29 is 13.2 Å². The van der Waals surface area contributed by atoms with E-state index in [0.717, 1.165) is 19.1 Å². The minimum absolute atomic E-state index is 0.125. The number of rotatable bonds is 5. The van der Waals surface area contributed by atoms with Crippen LogP contribution in [-0.2, 0) is 14.8 Å². The molecule has 1 saturated heterocycles. The van der Waals surface area contributed by atoms with E-state index in [0.29, 0.717) is 30.2 Å². The van der Waals surface area contributed by atoms with Crippen LogP contribution >= 0.6 is 11.6 Å². The molecule has 0 radical (unpaired) electrons. The van der Waals surface area contributed by atoms with Crippen molar-refractivity contribution in [2.45, 2.75) is 32.2 Å². The molecule has 1 fully saturated rings. The Labute approximate surface area is 136 Å². The SMILES string of the molecule is CCC(C(=O)N1CCCC1)N(c1ccc(Cl)cc1)S(C)(=O)=O. The summed E-state index contributed by atoms with van der Waals surface area (Å²) in [6.45, 7) is 3.23. The standard InChI is InChI=1S/C15H21ClN2O3S/c1-3-14(15(19)17-10-4-5-11-17)18(22(2,20)21)13-8-6-12(16)7-9-13/h6-9,14H,3-5,10-11H2,1-2H3. The number of amides is 1. The first-order chi connectivity index (χ1) is 10.3. The van der Waals surface area contributed by atoms with Crippen LogP contribution in [0, 0.1) is 0 Å². The Morgan fingerprint density at radius 2 is 1.82 bits per heavy atom. The maximum atomic E-state index is 12.7. The van der Waals surface area contributed by atoms with Gasteiger partial charge in [0.15, 0.2) is 0 Å². The number of carbonyl (C=O) groups excluding carboxylic acids is 1. The third-order valence-electron chi connectivity index (χ3n) is 3.81. The first kappa shape index (κ1) is 17.1. The third-order valence-corrected chi connectivity index (χ3v) is 5.24. The van der Waals surface area contributed by atoms with Crippen molar-refractivity contribution in [1.29, 1.82) is 0 Å². The van der Waals surface area contributed by atoms with Gasteiger partial charge in [-0.05, 0) is 43.5 Å². The van der Waals surface area contributed by atoms with Gasteiger partial charge in [0.05, 0.1) is 11.9 Å². The van der Waals surface area contributed by atoms with E-state index in [2.05, 4.69) is 0 Å². The van der Waals surface area contributed by atoms with Gasteiger partial charge in [-0.2, -0.15) is 0 Å². The van der Waals surface area contributed by atoms with Crippen LogP contribution in [0.1, 0.15) is 26.2 Å². The molecule has 5 nitrogen and oxygen atoms in total. The highest BCUT2D eigenvalue weighted by atomic mass is 35.5. The Morgan fingerprint density at radius 3 is 2.27 bits per heavy atom. The minimum Gasteiger partial charge on any atom is -0.341 e. The summed E-state index contributed by atoms with van der Waals surface area (Å²) in [5.74, 6) is -0.125. The molecule has 122 valence electrons. The highest BCUT2D eigenvalue weighted by Crippen LogP contribution is 2.26.